The first-order valence-corrected chi connectivity index (χ1v) is 6.36. The summed E-state index contributed by atoms with van der Waals surface area (Å²) in [6.07, 6.45) is 5.34. The highest BCUT2D eigenvalue weighted by Gasteiger charge is 2.12. The van der Waals surface area contributed by atoms with Crippen LogP contribution in [0.15, 0.2) is 18.7 Å². The van der Waals surface area contributed by atoms with Crippen molar-refractivity contribution in [3.63, 3.8) is 0 Å². The summed E-state index contributed by atoms with van der Waals surface area (Å²) in [5.74, 6) is 2.82. The number of anilines is 2. The van der Waals surface area contributed by atoms with Crippen molar-refractivity contribution < 1.29 is 0 Å². The summed E-state index contributed by atoms with van der Waals surface area (Å²) < 4.78 is 2.01. The van der Waals surface area contributed by atoms with Crippen LogP contribution in [0.4, 0.5) is 11.6 Å². The molecule has 2 heterocycles. The normalized spacial score (nSPS) is 10.5. The maximum Gasteiger partial charge on any atom is 0.137 e. The first kappa shape index (κ1) is 13.3. The van der Waals surface area contributed by atoms with Gasteiger partial charge in [0, 0.05) is 38.6 Å². The molecule has 0 aliphatic rings. The highest BCUT2D eigenvalue weighted by molar-refractivity contribution is 5.57. The molecule has 0 atom stereocenters. The van der Waals surface area contributed by atoms with E-state index in [2.05, 4.69) is 32.1 Å². The zero-order valence-corrected chi connectivity index (χ0v) is 11.9. The van der Waals surface area contributed by atoms with E-state index in [0.29, 0.717) is 6.54 Å². The number of rotatable bonds is 5. The highest BCUT2D eigenvalue weighted by Crippen LogP contribution is 2.22. The number of nitrogens with one attached hydrogen (secondary N) is 1. The van der Waals surface area contributed by atoms with Gasteiger partial charge in [-0.1, -0.05) is 0 Å². The van der Waals surface area contributed by atoms with Crippen molar-refractivity contribution in [2.24, 2.45) is 7.05 Å². The molecular weight excluding hydrogens is 240 g/mol. The van der Waals surface area contributed by atoms with Crippen LogP contribution in [0.2, 0.25) is 0 Å². The minimum absolute atomic E-state index is 0.715. The predicted molar refractivity (Wildman–Crippen MR) is 76.2 cm³/mol. The second-order valence-electron chi connectivity index (χ2n) is 4.51. The van der Waals surface area contributed by atoms with Crippen LogP contribution in [-0.2, 0) is 13.6 Å². The minimum Gasteiger partial charge on any atom is -0.370 e. The van der Waals surface area contributed by atoms with Crippen LogP contribution in [0.25, 0.3) is 0 Å². The molecule has 102 valence electrons. The molecule has 0 radical (unpaired) electrons. The Morgan fingerprint density at radius 3 is 2.74 bits per heavy atom. The van der Waals surface area contributed by atoms with Gasteiger partial charge in [-0.2, -0.15) is 0 Å². The average molecular weight is 260 g/mol. The van der Waals surface area contributed by atoms with E-state index in [-0.39, 0.29) is 0 Å². The molecule has 2 aromatic heterocycles. The van der Waals surface area contributed by atoms with E-state index in [1.165, 1.54) is 0 Å². The number of aromatic nitrogens is 4. The van der Waals surface area contributed by atoms with Gasteiger partial charge in [0.25, 0.3) is 0 Å². The largest absolute Gasteiger partial charge is 0.370 e. The van der Waals surface area contributed by atoms with Gasteiger partial charge in [0.15, 0.2) is 0 Å². The molecule has 1 N–H and O–H groups in total. The van der Waals surface area contributed by atoms with E-state index in [0.717, 1.165) is 29.6 Å². The van der Waals surface area contributed by atoms with E-state index < -0.39 is 0 Å². The predicted octanol–water partition coefficient (Wildman–Crippen LogP) is 1.59. The SMILES string of the molecule is CCNc1ncnc(N(C)Cc2nccn2C)c1C. The molecule has 0 amide bonds. The Morgan fingerprint density at radius 2 is 2.11 bits per heavy atom. The molecule has 2 rings (SSSR count). The first-order chi connectivity index (χ1) is 9.13. The fraction of sp³-hybridized carbons (Fsp3) is 0.462. The van der Waals surface area contributed by atoms with Crippen LogP contribution in [0, 0.1) is 6.92 Å². The molecule has 0 aliphatic heterocycles. The van der Waals surface area contributed by atoms with Gasteiger partial charge >= 0.3 is 0 Å². The third-order valence-electron chi connectivity index (χ3n) is 3.06. The minimum atomic E-state index is 0.715. The Balaban J connectivity index is 2.21. The van der Waals surface area contributed by atoms with Gasteiger partial charge in [-0.15, -0.1) is 0 Å². The lowest BCUT2D eigenvalue weighted by atomic mass is 10.3. The van der Waals surface area contributed by atoms with E-state index >= 15 is 0 Å². The van der Waals surface area contributed by atoms with Gasteiger partial charge < -0.3 is 14.8 Å². The van der Waals surface area contributed by atoms with E-state index in [4.69, 9.17) is 0 Å². The van der Waals surface area contributed by atoms with Crippen molar-refractivity contribution in [3.05, 3.63) is 30.1 Å². The summed E-state index contributed by atoms with van der Waals surface area (Å²) >= 11 is 0. The van der Waals surface area contributed by atoms with E-state index in [1.807, 2.05) is 31.8 Å². The van der Waals surface area contributed by atoms with Gasteiger partial charge in [-0.25, -0.2) is 15.0 Å². The zero-order valence-electron chi connectivity index (χ0n) is 11.9. The first-order valence-electron chi connectivity index (χ1n) is 6.36. The Labute approximate surface area is 113 Å². The van der Waals surface area contributed by atoms with Crippen molar-refractivity contribution >= 4 is 11.6 Å². The number of nitrogens with zero attached hydrogens (tertiary/aromatic N) is 5. The summed E-state index contributed by atoms with van der Waals surface area (Å²) in [6, 6.07) is 0. The second kappa shape index (κ2) is 5.69. The van der Waals surface area contributed by atoms with Gasteiger partial charge in [-0.05, 0) is 13.8 Å². The van der Waals surface area contributed by atoms with Crippen LogP contribution in [0.3, 0.4) is 0 Å². The van der Waals surface area contributed by atoms with Crippen molar-refractivity contribution in [3.8, 4) is 0 Å². The number of hydrogen-bond acceptors (Lipinski definition) is 5. The highest BCUT2D eigenvalue weighted by atomic mass is 15.2. The Morgan fingerprint density at radius 1 is 1.32 bits per heavy atom. The molecule has 0 saturated carbocycles. The maximum absolute atomic E-state index is 4.37. The summed E-state index contributed by atoms with van der Waals surface area (Å²) in [5.41, 5.74) is 1.06. The molecule has 0 fully saturated rings. The lowest BCUT2D eigenvalue weighted by Gasteiger charge is -2.20. The topological polar surface area (TPSA) is 58.9 Å². The van der Waals surface area contributed by atoms with Crippen molar-refractivity contribution in [1.82, 2.24) is 19.5 Å². The van der Waals surface area contributed by atoms with Gasteiger partial charge in [0.05, 0.1) is 6.54 Å². The lowest BCUT2D eigenvalue weighted by molar-refractivity contribution is 0.752. The van der Waals surface area contributed by atoms with Crippen molar-refractivity contribution in [1.29, 1.82) is 0 Å². The molecule has 0 saturated heterocycles. The molecule has 2 aromatic rings. The van der Waals surface area contributed by atoms with Crippen molar-refractivity contribution in [2.45, 2.75) is 20.4 Å². The van der Waals surface area contributed by atoms with Crippen LogP contribution in [0.5, 0.6) is 0 Å². The quantitative estimate of drug-likeness (QED) is 0.884. The number of hydrogen-bond donors (Lipinski definition) is 1. The molecule has 19 heavy (non-hydrogen) atoms. The molecular formula is C13H20N6. The number of aryl methyl sites for hydroxylation is 1. The summed E-state index contributed by atoms with van der Waals surface area (Å²) in [4.78, 5) is 15.0. The summed E-state index contributed by atoms with van der Waals surface area (Å²) in [5, 5.41) is 3.24. The molecule has 0 aliphatic carbocycles. The van der Waals surface area contributed by atoms with Gasteiger partial charge in [0.1, 0.15) is 23.8 Å². The fourth-order valence-electron chi connectivity index (χ4n) is 2.01. The van der Waals surface area contributed by atoms with Crippen LogP contribution < -0.4 is 10.2 Å². The standard InChI is InChI=1S/C13H20N6/c1-5-14-12-10(2)13(17-9-16-12)19(4)8-11-15-6-7-18(11)3/h6-7,9H,5,8H2,1-4H3,(H,14,16,17). The molecule has 0 spiro atoms. The third kappa shape index (κ3) is 2.83. The molecule has 0 bridgehead atoms. The number of imidazole rings is 1. The van der Waals surface area contributed by atoms with Crippen LogP contribution in [-0.4, -0.2) is 33.1 Å². The average Bonchev–Trinajstić information content (AvgIpc) is 2.78. The van der Waals surface area contributed by atoms with Crippen LogP contribution >= 0.6 is 0 Å². The Bertz CT molecular complexity index is 548. The molecule has 6 nitrogen and oxygen atoms in total. The van der Waals surface area contributed by atoms with Gasteiger partial charge in [0.2, 0.25) is 0 Å². The monoisotopic (exact) mass is 260 g/mol. The lowest BCUT2D eigenvalue weighted by Crippen LogP contribution is -2.21. The van der Waals surface area contributed by atoms with E-state index in [9.17, 15) is 0 Å². The van der Waals surface area contributed by atoms with Gasteiger partial charge in [-0.3, -0.25) is 0 Å². The Kier molecular flexibility index (Phi) is 3.99. The smallest absolute Gasteiger partial charge is 0.137 e. The second-order valence-corrected chi connectivity index (χ2v) is 4.51. The summed E-state index contributed by atoms with van der Waals surface area (Å²) in [7, 11) is 4.01. The zero-order chi connectivity index (χ0) is 13.8. The molecule has 0 aromatic carbocycles. The molecule has 0 unspecified atom stereocenters. The fourth-order valence-corrected chi connectivity index (χ4v) is 2.01. The summed E-state index contributed by atoms with van der Waals surface area (Å²) in [6.45, 7) is 5.65. The Hall–Kier alpha value is -2.11. The maximum atomic E-state index is 4.37. The van der Waals surface area contributed by atoms with E-state index in [1.54, 1.807) is 12.5 Å². The molecule has 6 heteroatoms. The third-order valence-corrected chi connectivity index (χ3v) is 3.06. The van der Waals surface area contributed by atoms with Crippen molar-refractivity contribution in [2.75, 3.05) is 23.8 Å². The van der Waals surface area contributed by atoms with Crippen LogP contribution in [0.1, 0.15) is 18.3 Å².